The number of hydrogen-bond donors (Lipinski definition) is 0. The molecule has 0 aliphatic carbocycles. The molecule has 3 heteroatoms. The molecule has 0 aliphatic heterocycles. The average molecular weight is 255 g/mol. The maximum atomic E-state index is 9.92. The predicted octanol–water partition coefficient (Wildman–Crippen LogP) is 4.26. The lowest BCUT2D eigenvalue weighted by Gasteiger charge is -2.14. The highest BCUT2D eigenvalue weighted by Crippen LogP contribution is 2.13. The van der Waals surface area contributed by atoms with Crippen LogP contribution in [0.5, 0.6) is 0 Å². The Morgan fingerprint density at radius 1 is 1.00 bits per heavy atom. The molecule has 0 saturated carbocycles. The molecular weight excluding hydrogens is 226 g/mol. The van der Waals surface area contributed by atoms with E-state index < -0.39 is 0 Å². The molecule has 18 heavy (non-hydrogen) atoms. The highest BCUT2D eigenvalue weighted by atomic mass is 16.5. The lowest BCUT2D eigenvalue weighted by atomic mass is 10.0. The van der Waals surface area contributed by atoms with E-state index in [9.17, 15) is 4.79 Å². The molecule has 1 atom stereocenters. The number of ether oxygens (including phenoxy) is 1. The summed E-state index contributed by atoms with van der Waals surface area (Å²) in [5.41, 5.74) is 0. The Morgan fingerprint density at radius 2 is 1.61 bits per heavy atom. The first-order chi connectivity index (χ1) is 8.85. The second-order valence-electron chi connectivity index (χ2n) is 4.88. The molecule has 0 heterocycles. The molecule has 0 fully saturated rings. The fourth-order valence-electron chi connectivity index (χ4n) is 2.15. The average Bonchev–Trinajstić information content (AvgIpc) is 2.40. The molecule has 106 valence electrons. The summed E-state index contributed by atoms with van der Waals surface area (Å²) in [5, 5.41) is 0. The zero-order valence-corrected chi connectivity index (χ0v) is 12.1. The van der Waals surface area contributed by atoms with Crippen molar-refractivity contribution in [2.24, 2.45) is 4.99 Å². The van der Waals surface area contributed by atoms with Gasteiger partial charge in [-0.15, -0.1) is 0 Å². The van der Waals surface area contributed by atoms with Crippen molar-refractivity contribution in [3.8, 4) is 0 Å². The summed E-state index contributed by atoms with van der Waals surface area (Å²) in [7, 11) is 1.77. The van der Waals surface area contributed by atoms with Crippen LogP contribution in [0.2, 0.25) is 0 Å². The van der Waals surface area contributed by atoms with Crippen LogP contribution in [0.15, 0.2) is 4.99 Å². The Labute approximate surface area is 112 Å². The van der Waals surface area contributed by atoms with E-state index in [0.29, 0.717) is 12.6 Å². The quantitative estimate of drug-likeness (QED) is 0.280. The van der Waals surface area contributed by atoms with Gasteiger partial charge < -0.3 is 4.74 Å². The van der Waals surface area contributed by atoms with E-state index in [1.54, 1.807) is 13.2 Å². The molecule has 1 unspecified atom stereocenters. The third-order valence-corrected chi connectivity index (χ3v) is 3.32. The molecule has 0 aromatic carbocycles. The van der Waals surface area contributed by atoms with E-state index in [1.165, 1.54) is 44.9 Å². The van der Waals surface area contributed by atoms with Crippen molar-refractivity contribution in [2.45, 2.75) is 77.2 Å². The van der Waals surface area contributed by atoms with Crippen LogP contribution < -0.4 is 0 Å². The van der Waals surface area contributed by atoms with Crippen molar-refractivity contribution < 1.29 is 9.53 Å². The van der Waals surface area contributed by atoms with Gasteiger partial charge in [0.2, 0.25) is 6.08 Å². The summed E-state index contributed by atoms with van der Waals surface area (Å²) in [6.07, 6.45) is 14.3. The SMILES string of the molecule is CCCCCCCCCC(CCCN=C=O)OC. The zero-order chi connectivity index (χ0) is 13.5. The minimum atomic E-state index is 0.336. The normalized spacial score (nSPS) is 12.1. The first kappa shape index (κ1) is 17.3. The maximum absolute atomic E-state index is 9.92. The number of nitrogens with zero attached hydrogens (tertiary/aromatic N) is 1. The van der Waals surface area contributed by atoms with Crippen LogP contribution in [0.25, 0.3) is 0 Å². The Balaban J connectivity index is 3.35. The molecule has 0 rings (SSSR count). The van der Waals surface area contributed by atoms with Crippen LogP contribution in [0, 0.1) is 0 Å². The molecule has 0 spiro atoms. The van der Waals surface area contributed by atoms with Crippen LogP contribution in [0.4, 0.5) is 0 Å². The van der Waals surface area contributed by atoms with Gasteiger partial charge in [-0.1, -0.05) is 51.9 Å². The molecular formula is C15H29NO2. The lowest BCUT2D eigenvalue weighted by Crippen LogP contribution is -2.10. The molecule has 0 N–H and O–H groups in total. The molecule has 0 bridgehead atoms. The molecule has 0 amide bonds. The molecule has 0 aliphatic rings. The summed E-state index contributed by atoms with van der Waals surface area (Å²) < 4.78 is 5.44. The van der Waals surface area contributed by atoms with Crippen molar-refractivity contribution in [3.05, 3.63) is 0 Å². The first-order valence-electron chi connectivity index (χ1n) is 7.41. The summed E-state index contributed by atoms with van der Waals surface area (Å²) in [4.78, 5) is 13.5. The molecule has 0 aromatic rings. The molecule has 0 radical (unpaired) electrons. The minimum Gasteiger partial charge on any atom is -0.381 e. The van der Waals surface area contributed by atoms with Gasteiger partial charge in [-0.25, -0.2) is 9.79 Å². The molecule has 0 saturated heterocycles. The minimum absolute atomic E-state index is 0.336. The van der Waals surface area contributed by atoms with Gasteiger partial charge in [0.1, 0.15) is 0 Å². The van der Waals surface area contributed by atoms with Crippen molar-refractivity contribution in [1.29, 1.82) is 0 Å². The van der Waals surface area contributed by atoms with Crippen molar-refractivity contribution in [1.82, 2.24) is 0 Å². The summed E-state index contributed by atoms with van der Waals surface area (Å²) >= 11 is 0. The summed E-state index contributed by atoms with van der Waals surface area (Å²) in [6.45, 7) is 2.83. The Hall–Kier alpha value is -0.660. The highest BCUT2D eigenvalue weighted by Gasteiger charge is 2.06. The number of isocyanates is 1. The standard InChI is InChI=1S/C15H29NO2/c1-3-4-5-6-7-8-9-11-15(18-2)12-10-13-16-14-17/h15H,3-13H2,1-2H3. The second-order valence-corrected chi connectivity index (χ2v) is 4.88. The van der Waals surface area contributed by atoms with Crippen LogP contribution in [-0.4, -0.2) is 25.8 Å². The lowest BCUT2D eigenvalue weighted by molar-refractivity contribution is 0.0844. The third kappa shape index (κ3) is 11.8. The smallest absolute Gasteiger partial charge is 0.234 e. The van der Waals surface area contributed by atoms with Gasteiger partial charge in [-0.3, -0.25) is 0 Å². The van der Waals surface area contributed by atoms with Gasteiger partial charge in [0.25, 0.3) is 0 Å². The fraction of sp³-hybridized carbons (Fsp3) is 0.933. The summed E-state index contributed by atoms with van der Waals surface area (Å²) in [6, 6.07) is 0. The Kier molecular flexibility index (Phi) is 13.9. The number of unbranched alkanes of at least 4 members (excludes halogenated alkanes) is 6. The van der Waals surface area contributed by atoms with Crippen molar-refractivity contribution >= 4 is 6.08 Å². The van der Waals surface area contributed by atoms with E-state index in [1.807, 2.05) is 0 Å². The topological polar surface area (TPSA) is 38.7 Å². The van der Waals surface area contributed by atoms with Crippen LogP contribution >= 0.6 is 0 Å². The van der Waals surface area contributed by atoms with Gasteiger partial charge in [-0.05, 0) is 19.3 Å². The number of hydrogen-bond acceptors (Lipinski definition) is 3. The monoisotopic (exact) mass is 255 g/mol. The van der Waals surface area contributed by atoms with Gasteiger partial charge in [0.15, 0.2) is 0 Å². The number of carbonyl (C=O) groups excluding carboxylic acids is 1. The number of methoxy groups -OCH3 is 1. The number of aliphatic imine (C=N–C) groups is 1. The summed E-state index contributed by atoms with van der Waals surface area (Å²) in [5.74, 6) is 0. The van der Waals surface area contributed by atoms with Crippen LogP contribution in [-0.2, 0) is 9.53 Å². The van der Waals surface area contributed by atoms with E-state index >= 15 is 0 Å². The number of rotatable bonds is 13. The van der Waals surface area contributed by atoms with E-state index in [2.05, 4.69) is 11.9 Å². The highest BCUT2D eigenvalue weighted by molar-refractivity contribution is 5.32. The fourth-order valence-corrected chi connectivity index (χ4v) is 2.15. The van der Waals surface area contributed by atoms with Crippen LogP contribution in [0.1, 0.15) is 71.1 Å². The van der Waals surface area contributed by atoms with Crippen molar-refractivity contribution in [3.63, 3.8) is 0 Å². The molecule has 0 aromatic heterocycles. The molecule has 3 nitrogen and oxygen atoms in total. The second kappa shape index (κ2) is 14.4. The van der Waals surface area contributed by atoms with Gasteiger partial charge in [0.05, 0.1) is 12.6 Å². The predicted molar refractivity (Wildman–Crippen MR) is 75.6 cm³/mol. The van der Waals surface area contributed by atoms with E-state index in [-0.39, 0.29) is 0 Å². The van der Waals surface area contributed by atoms with Crippen molar-refractivity contribution in [2.75, 3.05) is 13.7 Å². The largest absolute Gasteiger partial charge is 0.381 e. The van der Waals surface area contributed by atoms with E-state index in [4.69, 9.17) is 4.74 Å². The Morgan fingerprint density at radius 3 is 2.22 bits per heavy atom. The van der Waals surface area contributed by atoms with Crippen LogP contribution in [0.3, 0.4) is 0 Å². The van der Waals surface area contributed by atoms with Gasteiger partial charge in [-0.2, -0.15) is 0 Å². The zero-order valence-electron chi connectivity index (χ0n) is 12.1. The van der Waals surface area contributed by atoms with Gasteiger partial charge in [0, 0.05) is 7.11 Å². The third-order valence-electron chi connectivity index (χ3n) is 3.32. The van der Waals surface area contributed by atoms with E-state index in [0.717, 1.165) is 19.3 Å². The maximum Gasteiger partial charge on any atom is 0.234 e. The van der Waals surface area contributed by atoms with Gasteiger partial charge >= 0.3 is 0 Å². The first-order valence-corrected chi connectivity index (χ1v) is 7.41. The Bertz CT molecular complexity index is 213.